The number of carbonyl (C=O) groups is 1. The lowest BCUT2D eigenvalue weighted by molar-refractivity contribution is 0.204. The van der Waals surface area contributed by atoms with Gasteiger partial charge in [0.2, 0.25) is 0 Å². The van der Waals surface area contributed by atoms with Crippen molar-refractivity contribution in [3.05, 3.63) is 83.4 Å². The van der Waals surface area contributed by atoms with Crippen molar-refractivity contribution in [2.75, 3.05) is 19.3 Å². The lowest BCUT2D eigenvalue weighted by Crippen LogP contribution is -2.36. The molecule has 3 aromatic rings. The van der Waals surface area contributed by atoms with E-state index in [0.717, 1.165) is 5.56 Å². The molecule has 0 saturated carbocycles. The molecule has 4 rings (SSSR count). The largest absolute Gasteiger partial charge is 0.454 e. The van der Waals surface area contributed by atoms with E-state index in [0.29, 0.717) is 28.6 Å². The molecule has 166 valence electrons. The summed E-state index contributed by atoms with van der Waals surface area (Å²) in [6.45, 7) is 0.364. The van der Waals surface area contributed by atoms with Crippen molar-refractivity contribution < 1.29 is 17.9 Å². The molecular formula is C22H21ClN4O4S. The van der Waals surface area contributed by atoms with Gasteiger partial charge < -0.3 is 15.0 Å². The van der Waals surface area contributed by atoms with Gasteiger partial charge in [0.1, 0.15) is 17.3 Å². The number of halogens is 1. The van der Waals surface area contributed by atoms with Crippen molar-refractivity contribution in [3.63, 3.8) is 0 Å². The van der Waals surface area contributed by atoms with Crippen LogP contribution in [-0.4, -0.2) is 48.7 Å². The second-order valence-corrected chi connectivity index (χ2v) is 10.1. The molecule has 0 aliphatic carbocycles. The number of carbonyl (C=O) groups excluding carboxylic acids is 1. The highest BCUT2D eigenvalue weighted by molar-refractivity contribution is 7.91. The number of sulfone groups is 1. The maximum atomic E-state index is 12.6. The van der Waals surface area contributed by atoms with Crippen molar-refractivity contribution in [1.29, 1.82) is 0 Å². The molecule has 2 heterocycles. The molecule has 0 bridgehead atoms. The minimum atomic E-state index is -3.50. The van der Waals surface area contributed by atoms with Gasteiger partial charge in [-0.05, 0) is 35.4 Å². The van der Waals surface area contributed by atoms with Crippen LogP contribution in [0.4, 0.5) is 4.79 Å². The van der Waals surface area contributed by atoms with Crippen LogP contribution in [0, 0.1) is 0 Å². The smallest absolute Gasteiger partial charge is 0.318 e. The van der Waals surface area contributed by atoms with E-state index in [2.05, 4.69) is 15.3 Å². The summed E-state index contributed by atoms with van der Waals surface area (Å²) in [4.78, 5) is 22.0. The van der Waals surface area contributed by atoms with Crippen LogP contribution in [0.25, 0.3) is 0 Å². The molecule has 2 atom stereocenters. The molecule has 10 heteroatoms. The molecule has 1 aromatic heterocycles. The van der Waals surface area contributed by atoms with Crippen LogP contribution in [0.1, 0.15) is 22.4 Å². The Morgan fingerprint density at radius 2 is 1.88 bits per heavy atom. The third-order valence-electron chi connectivity index (χ3n) is 5.22. The Bertz CT molecular complexity index is 1210. The first-order valence-electron chi connectivity index (χ1n) is 9.83. The summed E-state index contributed by atoms with van der Waals surface area (Å²) in [5, 5.41) is 2.45. The summed E-state index contributed by atoms with van der Waals surface area (Å²) in [5.74, 6) is 1.05. The van der Waals surface area contributed by atoms with E-state index in [1.165, 1.54) is 12.6 Å². The van der Waals surface area contributed by atoms with E-state index in [-0.39, 0.29) is 18.6 Å². The highest BCUT2D eigenvalue weighted by Gasteiger charge is 2.36. The minimum absolute atomic E-state index is 0.00851. The van der Waals surface area contributed by atoms with E-state index in [4.69, 9.17) is 16.3 Å². The van der Waals surface area contributed by atoms with Crippen LogP contribution < -0.4 is 10.1 Å². The molecule has 32 heavy (non-hydrogen) atoms. The van der Waals surface area contributed by atoms with Gasteiger partial charge in [0.25, 0.3) is 0 Å². The van der Waals surface area contributed by atoms with Gasteiger partial charge in [-0.25, -0.2) is 23.2 Å². The third kappa shape index (κ3) is 5.00. The quantitative estimate of drug-likeness (QED) is 0.561. The van der Waals surface area contributed by atoms with Gasteiger partial charge in [0, 0.05) is 24.4 Å². The van der Waals surface area contributed by atoms with Crippen LogP contribution >= 0.6 is 11.6 Å². The molecule has 1 fully saturated rings. The summed E-state index contributed by atoms with van der Waals surface area (Å²) in [6.07, 6.45) is 5.69. The Balaban J connectivity index is 1.60. The van der Waals surface area contributed by atoms with Gasteiger partial charge in [0.15, 0.2) is 15.6 Å². The van der Waals surface area contributed by atoms with Crippen LogP contribution in [0.2, 0.25) is 5.02 Å². The highest BCUT2D eigenvalue weighted by Crippen LogP contribution is 2.33. The molecule has 2 amide bonds. The first kappa shape index (κ1) is 22.0. The Kier molecular flexibility index (Phi) is 6.29. The maximum Gasteiger partial charge on any atom is 0.318 e. The van der Waals surface area contributed by atoms with Gasteiger partial charge in [-0.15, -0.1) is 0 Å². The number of aromatic nitrogens is 2. The highest BCUT2D eigenvalue weighted by atomic mass is 35.5. The lowest BCUT2D eigenvalue weighted by atomic mass is 10.1. The van der Waals surface area contributed by atoms with E-state index in [1.807, 2.05) is 18.2 Å². The Labute approximate surface area is 191 Å². The molecule has 1 N–H and O–H groups in total. The van der Waals surface area contributed by atoms with E-state index >= 15 is 0 Å². The van der Waals surface area contributed by atoms with Crippen molar-refractivity contribution in [3.8, 4) is 11.5 Å². The summed E-state index contributed by atoms with van der Waals surface area (Å²) in [6, 6.07) is 13.3. The predicted octanol–water partition coefficient (Wildman–Crippen LogP) is 3.77. The van der Waals surface area contributed by atoms with E-state index in [9.17, 15) is 13.2 Å². The van der Waals surface area contributed by atoms with Crippen molar-refractivity contribution >= 4 is 27.5 Å². The molecule has 2 aromatic carbocycles. The second kappa shape index (κ2) is 9.13. The summed E-state index contributed by atoms with van der Waals surface area (Å²) < 4.78 is 31.0. The van der Waals surface area contributed by atoms with Gasteiger partial charge in [-0.2, -0.15) is 0 Å². The summed E-state index contributed by atoms with van der Waals surface area (Å²) in [7, 11) is -3.50. The molecule has 2 unspecified atom stereocenters. The summed E-state index contributed by atoms with van der Waals surface area (Å²) in [5.41, 5.74) is 1.40. The number of amides is 2. The number of rotatable bonds is 7. The average molecular weight is 473 g/mol. The number of nitrogens with one attached hydrogen (secondary N) is 1. The maximum absolute atomic E-state index is 12.6. The van der Waals surface area contributed by atoms with Gasteiger partial charge in [-0.3, -0.25) is 0 Å². The molecule has 1 aliphatic heterocycles. The number of hydrogen-bond donors (Lipinski definition) is 1. The zero-order chi connectivity index (χ0) is 22.7. The Hall–Kier alpha value is -3.17. The van der Waals surface area contributed by atoms with Gasteiger partial charge >= 0.3 is 6.03 Å². The zero-order valence-corrected chi connectivity index (χ0v) is 18.8. The molecule has 0 spiro atoms. The predicted molar refractivity (Wildman–Crippen MR) is 120 cm³/mol. The molecular weight excluding hydrogens is 452 g/mol. The second-order valence-electron chi connectivity index (χ2n) is 7.47. The zero-order valence-electron chi connectivity index (χ0n) is 17.2. The minimum Gasteiger partial charge on any atom is -0.454 e. The first-order chi connectivity index (χ1) is 15.3. The molecule has 0 radical (unpaired) electrons. The summed E-state index contributed by atoms with van der Waals surface area (Å²) >= 11 is 5.96. The molecule has 8 nitrogen and oxygen atoms in total. The van der Waals surface area contributed by atoms with Crippen molar-refractivity contribution in [2.45, 2.75) is 11.3 Å². The Morgan fingerprint density at radius 3 is 2.56 bits per heavy atom. The van der Waals surface area contributed by atoms with Crippen LogP contribution in [0.3, 0.4) is 0 Å². The van der Waals surface area contributed by atoms with E-state index in [1.54, 1.807) is 47.6 Å². The fourth-order valence-electron chi connectivity index (χ4n) is 3.65. The number of ether oxygens (including phenoxy) is 1. The fraction of sp³-hybridized carbons (Fsp3) is 0.227. The van der Waals surface area contributed by atoms with Gasteiger partial charge in [-0.1, -0.05) is 35.9 Å². The molecule has 1 saturated heterocycles. The van der Waals surface area contributed by atoms with E-state index < -0.39 is 15.1 Å². The number of hydrogen-bond acceptors (Lipinski definition) is 6. The monoisotopic (exact) mass is 472 g/mol. The third-order valence-corrected chi connectivity index (χ3v) is 6.93. The SMILES string of the molecule is CS(=O)(=O)C(CN1C(=O)NCC1c1cccc(Oc2cncnc2)c1)c1ccc(Cl)cc1. The molecule has 1 aliphatic rings. The van der Waals surface area contributed by atoms with Crippen molar-refractivity contribution in [2.24, 2.45) is 0 Å². The normalized spacial score (nSPS) is 17.1. The topological polar surface area (TPSA) is 101 Å². The number of benzene rings is 2. The number of urea groups is 1. The first-order valence-corrected chi connectivity index (χ1v) is 12.2. The number of nitrogens with zero attached hydrogens (tertiary/aromatic N) is 3. The average Bonchev–Trinajstić information content (AvgIpc) is 3.13. The van der Waals surface area contributed by atoms with Gasteiger partial charge in [0.05, 0.1) is 18.4 Å². The Morgan fingerprint density at radius 1 is 1.16 bits per heavy atom. The fourth-order valence-corrected chi connectivity index (χ4v) is 4.86. The van der Waals surface area contributed by atoms with Crippen molar-refractivity contribution in [1.82, 2.24) is 20.2 Å². The van der Waals surface area contributed by atoms with Crippen LogP contribution in [0.5, 0.6) is 11.5 Å². The van der Waals surface area contributed by atoms with Crippen LogP contribution in [-0.2, 0) is 9.84 Å². The van der Waals surface area contributed by atoms with Crippen LogP contribution in [0.15, 0.2) is 67.3 Å². The standard InChI is InChI=1S/C22H21ClN4O4S/c1-32(29,30)21(15-5-7-17(23)8-6-15)13-27-20(12-26-22(27)28)16-3-2-4-18(9-16)31-19-10-24-14-25-11-19/h2-11,14,20-21H,12-13H2,1H3,(H,26,28). The lowest BCUT2D eigenvalue weighted by Gasteiger charge is -2.28.